The number of thiocarbonyl (C=S) groups is 1. The third-order valence-corrected chi connectivity index (χ3v) is 3.56. The zero-order valence-electron chi connectivity index (χ0n) is 12.8. The van der Waals surface area contributed by atoms with Gasteiger partial charge in [0.1, 0.15) is 10.7 Å². The molecule has 0 unspecified atom stereocenters. The fourth-order valence-corrected chi connectivity index (χ4v) is 2.42. The van der Waals surface area contributed by atoms with E-state index in [1.165, 1.54) is 11.1 Å². The van der Waals surface area contributed by atoms with Gasteiger partial charge in [-0.05, 0) is 55.2 Å². The highest BCUT2D eigenvalue weighted by Gasteiger charge is 2.11. The lowest BCUT2D eigenvalue weighted by atomic mass is 9.98. The van der Waals surface area contributed by atoms with Crippen molar-refractivity contribution in [3.05, 3.63) is 52.7 Å². The van der Waals surface area contributed by atoms with Crippen molar-refractivity contribution in [1.29, 1.82) is 0 Å². The minimum atomic E-state index is 0.285. The lowest BCUT2D eigenvalue weighted by Crippen LogP contribution is -2.12. The molecule has 0 spiro atoms. The van der Waals surface area contributed by atoms with Crippen molar-refractivity contribution in [2.75, 3.05) is 0 Å². The molecule has 1 heterocycles. The molecule has 0 saturated carbocycles. The standard InChI is InChI=1S/C17H20N2OS/c1-10(2)14-8-6-13(9-11(14)3)20-17-15(16(18)21)7-5-12(4)19-17/h5-10H,1-4H3,(H2,18,21). The van der Waals surface area contributed by atoms with Crippen LogP contribution in [0.1, 0.15) is 42.1 Å². The fraction of sp³-hybridized carbons (Fsp3) is 0.294. The Balaban J connectivity index is 2.36. The topological polar surface area (TPSA) is 48.1 Å². The van der Waals surface area contributed by atoms with Gasteiger partial charge >= 0.3 is 0 Å². The number of nitrogens with zero attached hydrogens (tertiary/aromatic N) is 1. The van der Waals surface area contributed by atoms with Crippen LogP contribution < -0.4 is 10.5 Å². The van der Waals surface area contributed by atoms with E-state index in [4.69, 9.17) is 22.7 Å². The first-order valence-corrected chi connectivity index (χ1v) is 7.35. The van der Waals surface area contributed by atoms with E-state index in [2.05, 4.69) is 31.8 Å². The lowest BCUT2D eigenvalue weighted by molar-refractivity contribution is 0.460. The number of pyridine rings is 1. The number of hydrogen-bond acceptors (Lipinski definition) is 3. The van der Waals surface area contributed by atoms with E-state index in [1.54, 1.807) is 0 Å². The normalized spacial score (nSPS) is 10.7. The quantitative estimate of drug-likeness (QED) is 0.858. The average Bonchev–Trinajstić information content (AvgIpc) is 2.37. The summed E-state index contributed by atoms with van der Waals surface area (Å²) in [5.74, 6) is 1.69. The molecule has 0 bridgehead atoms. The summed E-state index contributed by atoms with van der Waals surface area (Å²) < 4.78 is 5.89. The van der Waals surface area contributed by atoms with Gasteiger partial charge in [0.15, 0.2) is 0 Å². The number of aromatic nitrogens is 1. The molecule has 0 aliphatic rings. The van der Waals surface area contributed by atoms with Gasteiger partial charge in [0.2, 0.25) is 5.88 Å². The summed E-state index contributed by atoms with van der Waals surface area (Å²) in [6.07, 6.45) is 0. The van der Waals surface area contributed by atoms with Gasteiger partial charge in [0, 0.05) is 5.69 Å². The largest absolute Gasteiger partial charge is 0.438 e. The van der Waals surface area contributed by atoms with Gasteiger partial charge < -0.3 is 10.5 Å². The van der Waals surface area contributed by atoms with E-state index < -0.39 is 0 Å². The highest BCUT2D eigenvalue weighted by atomic mass is 32.1. The summed E-state index contributed by atoms with van der Waals surface area (Å²) in [6, 6.07) is 9.77. The van der Waals surface area contributed by atoms with Crippen molar-refractivity contribution in [3.63, 3.8) is 0 Å². The van der Waals surface area contributed by atoms with Crippen LogP contribution in [0.5, 0.6) is 11.6 Å². The first-order chi connectivity index (χ1) is 9.88. The van der Waals surface area contributed by atoms with E-state index in [0.29, 0.717) is 17.4 Å². The summed E-state index contributed by atoms with van der Waals surface area (Å²) in [7, 11) is 0. The Hall–Kier alpha value is -1.94. The zero-order valence-corrected chi connectivity index (χ0v) is 13.6. The second-order valence-electron chi connectivity index (χ2n) is 5.44. The van der Waals surface area contributed by atoms with Gasteiger partial charge in [-0.15, -0.1) is 0 Å². The highest BCUT2D eigenvalue weighted by Crippen LogP contribution is 2.28. The van der Waals surface area contributed by atoms with Crippen molar-refractivity contribution in [2.45, 2.75) is 33.6 Å². The first kappa shape index (κ1) is 15.4. The highest BCUT2D eigenvalue weighted by molar-refractivity contribution is 7.80. The molecular formula is C17H20N2OS. The molecule has 4 heteroatoms. The number of hydrogen-bond donors (Lipinski definition) is 1. The molecule has 0 atom stereocenters. The molecule has 0 aliphatic heterocycles. The molecule has 0 radical (unpaired) electrons. The summed E-state index contributed by atoms with van der Waals surface area (Å²) >= 11 is 5.05. The molecule has 0 aliphatic carbocycles. The van der Waals surface area contributed by atoms with Crippen LogP contribution in [0.4, 0.5) is 0 Å². The molecule has 1 aromatic heterocycles. The van der Waals surface area contributed by atoms with Crippen LogP contribution in [-0.4, -0.2) is 9.97 Å². The lowest BCUT2D eigenvalue weighted by Gasteiger charge is -2.13. The maximum Gasteiger partial charge on any atom is 0.229 e. The van der Waals surface area contributed by atoms with Gasteiger partial charge in [-0.3, -0.25) is 0 Å². The molecule has 3 nitrogen and oxygen atoms in total. The molecule has 0 saturated heterocycles. The Kier molecular flexibility index (Phi) is 4.58. The summed E-state index contributed by atoms with van der Waals surface area (Å²) in [5, 5.41) is 0. The minimum absolute atomic E-state index is 0.285. The smallest absolute Gasteiger partial charge is 0.229 e. The molecule has 2 N–H and O–H groups in total. The van der Waals surface area contributed by atoms with Crippen molar-refractivity contribution < 1.29 is 4.74 Å². The van der Waals surface area contributed by atoms with Gasteiger partial charge in [0.25, 0.3) is 0 Å². The fourth-order valence-electron chi connectivity index (χ4n) is 2.27. The predicted octanol–water partition coefficient (Wildman–Crippen LogP) is 4.25. The van der Waals surface area contributed by atoms with E-state index in [0.717, 1.165) is 11.4 Å². The van der Waals surface area contributed by atoms with E-state index in [1.807, 2.05) is 31.2 Å². The molecule has 110 valence electrons. The Morgan fingerprint density at radius 3 is 2.48 bits per heavy atom. The maximum atomic E-state index is 5.89. The van der Waals surface area contributed by atoms with Crippen LogP contribution in [0.15, 0.2) is 30.3 Å². The van der Waals surface area contributed by atoms with Crippen LogP contribution in [0, 0.1) is 13.8 Å². The number of aryl methyl sites for hydroxylation is 2. The molecule has 0 fully saturated rings. The van der Waals surface area contributed by atoms with Crippen molar-refractivity contribution in [3.8, 4) is 11.6 Å². The average molecular weight is 300 g/mol. The zero-order chi connectivity index (χ0) is 15.6. The third kappa shape index (κ3) is 3.58. The molecule has 2 rings (SSSR count). The SMILES string of the molecule is Cc1ccc(C(N)=S)c(Oc2ccc(C(C)C)c(C)c2)n1. The summed E-state index contributed by atoms with van der Waals surface area (Å²) in [5.41, 5.74) is 9.75. The predicted molar refractivity (Wildman–Crippen MR) is 90.2 cm³/mol. The third-order valence-electron chi connectivity index (χ3n) is 3.34. The van der Waals surface area contributed by atoms with Crippen LogP contribution in [0.3, 0.4) is 0 Å². The van der Waals surface area contributed by atoms with E-state index >= 15 is 0 Å². The molecule has 1 aromatic carbocycles. The number of rotatable bonds is 4. The minimum Gasteiger partial charge on any atom is -0.438 e. The molecule has 0 amide bonds. The number of nitrogens with two attached hydrogens (primary N) is 1. The van der Waals surface area contributed by atoms with Gasteiger partial charge in [-0.2, -0.15) is 0 Å². The second kappa shape index (κ2) is 6.22. The van der Waals surface area contributed by atoms with E-state index in [9.17, 15) is 0 Å². The van der Waals surface area contributed by atoms with Crippen LogP contribution >= 0.6 is 12.2 Å². The Labute approximate surface area is 131 Å². The summed E-state index contributed by atoms with van der Waals surface area (Å²) in [4.78, 5) is 4.67. The van der Waals surface area contributed by atoms with Crippen molar-refractivity contribution in [1.82, 2.24) is 4.98 Å². The monoisotopic (exact) mass is 300 g/mol. The van der Waals surface area contributed by atoms with Gasteiger partial charge in [0.05, 0.1) is 5.56 Å². The van der Waals surface area contributed by atoms with Crippen LogP contribution in [0.2, 0.25) is 0 Å². The van der Waals surface area contributed by atoms with E-state index in [-0.39, 0.29) is 4.99 Å². The molecular weight excluding hydrogens is 280 g/mol. The number of benzene rings is 1. The van der Waals surface area contributed by atoms with Crippen LogP contribution in [-0.2, 0) is 0 Å². The first-order valence-electron chi connectivity index (χ1n) is 6.94. The molecule has 21 heavy (non-hydrogen) atoms. The maximum absolute atomic E-state index is 5.89. The van der Waals surface area contributed by atoms with Crippen molar-refractivity contribution >= 4 is 17.2 Å². The second-order valence-corrected chi connectivity index (χ2v) is 5.88. The van der Waals surface area contributed by atoms with Crippen molar-refractivity contribution in [2.24, 2.45) is 5.73 Å². The molecule has 2 aromatic rings. The summed E-state index contributed by atoms with van der Waals surface area (Å²) in [6.45, 7) is 8.34. The Bertz CT molecular complexity index is 680. The van der Waals surface area contributed by atoms with Crippen LogP contribution in [0.25, 0.3) is 0 Å². The Morgan fingerprint density at radius 2 is 1.90 bits per heavy atom. The van der Waals surface area contributed by atoms with Gasteiger partial charge in [-0.25, -0.2) is 4.98 Å². The Morgan fingerprint density at radius 1 is 1.19 bits per heavy atom. The van der Waals surface area contributed by atoms with Gasteiger partial charge in [-0.1, -0.05) is 32.1 Å². The number of ether oxygens (including phenoxy) is 1.